The Morgan fingerprint density at radius 2 is 1.91 bits per heavy atom. The quantitative estimate of drug-likeness (QED) is 0.878. The number of hydrogen-bond acceptors (Lipinski definition) is 5. The highest BCUT2D eigenvalue weighted by Gasteiger charge is 2.25. The smallest absolute Gasteiger partial charge is 0.139 e. The van der Waals surface area contributed by atoms with E-state index in [1.54, 1.807) is 0 Å². The van der Waals surface area contributed by atoms with Gasteiger partial charge >= 0.3 is 0 Å². The highest BCUT2D eigenvalue weighted by molar-refractivity contribution is 7.19. The fourth-order valence-electron chi connectivity index (χ4n) is 3.97. The van der Waals surface area contributed by atoms with Crippen molar-refractivity contribution >= 4 is 27.4 Å². The van der Waals surface area contributed by atoms with Crippen LogP contribution in [0.25, 0.3) is 10.2 Å². The molecule has 23 heavy (non-hydrogen) atoms. The molecule has 0 saturated heterocycles. The van der Waals surface area contributed by atoms with Crippen molar-refractivity contribution in [3.63, 3.8) is 0 Å². The Morgan fingerprint density at radius 1 is 1.13 bits per heavy atom. The number of thiophene rings is 1. The monoisotopic (exact) mass is 331 g/mol. The van der Waals surface area contributed by atoms with Gasteiger partial charge in [-0.25, -0.2) is 9.97 Å². The van der Waals surface area contributed by atoms with Gasteiger partial charge in [-0.3, -0.25) is 0 Å². The summed E-state index contributed by atoms with van der Waals surface area (Å²) in [5.74, 6) is 2.66. The molecule has 5 heteroatoms. The van der Waals surface area contributed by atoms with E-state index in [9.17, 15) is 5.11 Å². The average Bonchev–Trinajstić information content (AvgIpc) is 2.86. The fourth-order valence-corrected chi connectivity index (χ4v) is 5.40. The van der Waals surface area contributed by atoms with Crippen molar-refractivity contribution in [3.05, 3.63) is 16.3 Å². The lowest BCUT2D eigenvalue weighted by Crippen LogP contribution is -2.28. The minimum Gasteiger partial charge on any atom is -0.393 e. The molecule has 0 radical (unpaired) electrons. The van der Waals surface area contributed by atoms with Crippen LogP contribution in [0.3, 0.4) is 0 Å². The van der Waals surface area contributed by atoms with Gasteiger partial charge in [0.05, 0.1) is 11.5 Å². The predicted molar refractivity (Wildman–Crippen MR) is 95.2 cm³/mol. The molecule has 2 aromatic rings. The summed E-state index contributed by atoms with van der Waals surface area (Å²) in [4.78, 5) is 12.1. The molecule has 0 aromatic carbocycles. The van der Waals surface area contributed by atoms with Gasteiger partial charge in [0.15, 0.2) is 0 Å². The maximum atomic E-state index is 9.71. The van der Waals surface area contributed by atoms with Gasteiger partial charge in [0.1, 0.15) is 16.5 Å². The van der Waals surface area contributed by atoms with Crippen molar-refractivity contribution in [3.8, 4) is 0 Å². The fraction of sp³-hybridized carbons (Fsp3) is 0.667. The van der Waals surface area contributed by atoms with Crippen molar-refractivity contribution < 1.29 is 5.11 Å². The topological polar surface area (TPSA) is 58.0 Å². The number of aromatic nitrogens is 2. The molecule has 1 fully saturated rings. The second kappa shape index (κ2) is 6.02. The first kappa shape index (κ1) is 15.3. The summed E-state index contributed by atoms with van der Waals surface area (Å²) in [6.07, 6.45) is 7.32. The predicted octanol–water partition coefficient (Wildman–Crippen LogP) is 3.84. The second-order valence-electron chi connectivity index (χ2n) is 7.30. The van der Waals surface area contributed by atoms with Gasteiger partial charge in [0, 0.05) is 10.9 Å². The van der Waals surface area contributed by atoms with Crippen LogP contribution in [0.4, 0.5) is 5.82 Å². The Kier molecular flexibility index (Phi) is 4.01. The van der Waals surface area contributed by atoms with Gasteiger partial charge in [-0.2, -0.15) is 0 Å². The van der Waals surface area contributed by atoms with E-state index >= 15 is 0 Å². The van der Waals surface area contributed by atoms with Gasteiger partial charge in [0.25, 0.3) is 0 Å². The number of fused-ring (bicyclic) bond motifs is 3. The van der Waals surface area contributed by atoms with Crippen LogP contribution in [0, 0.1) is 12.8 Å². The number of anilines is 1. The molecule has 124 valence electrons. The van der Waals surface area contributed by atoms with Crippen molar-refractivity contribution in [1.82, 2.24) is 9.97 Å². The molecule has 0 spiro atoms. The molecule has 1 unspecified atom stereocenters. The third-order valence-corrected chi connectivity index (χ3v) is 6.45. The van der Waals surface area contributed by atoms with E-state index in [0.717, 1.165) is 54.5 Å². The molecule has 2 aliphatic rings. The summed E-state index contributed by atoms with van der Waals surface area (Å²) in [6.45, 7) is 4.33. The third kappa shape index (κ3) is 2.96. The van der Waals surface area contributed by atoms with Crippen LogP contribution < -0.4 is 5.32 Å². The zero-order valence-electron chi connectivity index (χ0n) is 13.9. The highest BCUT2D eigenvalue weighted by atomic mass is 32.1. The largest absolute Gasteiger partial charge is 0.393 e. The first-order valence-corrected chi connectivity index (χ1v) is 9.65. The van der Waals surface area contributed by atoms with Gasteiger partial charge in [0.2, 0.25) is 0 Å². The highest BCUT2D eigenvalue weighted by Crippen LogP contribution is 2.40. The summed E-state index contributed by atoms with van der Waals surface area (Å²) in [5, 5.41) is 14.7. The van der Waals surface area contributed by atoms with Crippen LogP contribution in [0.5, 0.6) is 0 Å². The molecule has 2 aromatic heterocycles. The van der Waals surface area contributed by atoms with Crippen LogP contribution in [-0.4, -0.2) is 27.2 Å². The summed E-state index contributed by atoms with van der Waals surface area (Å²) < 4.78 is 0. The molecule has 2 N–H and O–H groups in total. The van der Waals surface area contributed by atoms with E-state index in [0.29, 0.717) is 6.04 Å². The van der Waals surface area contributed by atoms with Crippen molar-refractivity contribution in [1.29, 1.82) is 0 Å². The van der Waals surface area contributed by atoms with Crippen LogP contribution in [0.15, 0.2) is 0 Å². The summed E-state index contributed by atoms with van der Waals surface area (Å²) in [5.41, 5.74) is 1.49. The molecule has 2 heterocycles. The molecular formula is C18H25N3OS. The number of hydrogen-bond donors (Lipinski definition) is 2. The van der Waals surface area contributed by atoms with Crippen molar-refractivity contribution in [2.24, 2.45) is 5.92 Å². The standard InChI is InChI=1S/C18H25N3OS/c1-10-3-8-14-15(9-10)23-18-16(14)17(19-11(2)20-18)21-12-4-6-13(22)7-5-12/h10,12-13,22H,3-9H2,1-2H3,(H,19,20,21). The van der Waals surface area contributed by atoms with Gasteiger partial charge in [-0.15, -0.1) is 11.3 Å². The average molecular weight is 331 g/mol. The maximum absolute atomic E-state index is 9.71. The molecule has 0 bridgehead atoms. The number of rotatable bonds is 2. The first-order valence-electron chi connectivity index (χ1n) is 8.83. The summed E-state index contributed by atoms with van der Waals surface area (Å²) >= 11 is 1.86. The number of aliphatic hydroxyl groups is 1. The minimum absolute atomic E-state index is 0.115. The van der Waals surface area contributed by atoms with Gasteiger partial charge in [-0.05, 0) is 63.4 Å². The van der Waals surface area contributed by atoms with Crippen molar-refractivity contribution in [2.75, 3.05) is 5.32 Å². The molecule has 2 aliphatic carbocycles. The number of aryl methyl sites for hydroxylation is 2. The van der Waals surface area contributed by atoms with E-state index in [-0.39, 0.29) is 6.10 Å². The Balaban J connectivity index is 1.70. The summed E-state index contributed by atoms with van der Waals surface area (Å²) in [7, 11) is 0. The van der Waals surface area contributed by atoms with Crippen molar-refractivity contribution in [2.45, 2.75) is 70.9 Å². The molecule has 1 atom stereocenters. The number of nitrogens with one attached hydrogen (secondary N) is 1. The molecule has 0 aliphatic heterocycles. The zero-order valence-corrected chi connectivity index (χ0v) is 14.7. The Bertz CT molecular complexity index is 719. The molecular weight excluding hydrogens is 306 g/mol. The lowest BCUT2D eigenvalue weighted by Gasteiger charge is -2.27. The maximum Gasteiger partial charge on any atom is 0.139 e. The second-order valence-corrected chi connectivity index (χ2v) is 8.38. The lowest BCUT2D eigenvalue weighted by atomic mass is 9.89. The van der Waals surface area contributed by atoms with E-state index < -0.39 is 0 Å². The molecule has 1 saturated carbocycles. The van der Waals surface area contributed by atoms with Gasteiger partial charge < -0.3 is 10.4 Å². The number of nitrogens with zero attached hydrogens (tertiary/aromatic N) is 2. The van der Waals surface area contributed by atoms with E-state index in [1.165, 1.54) is 28.7 Å². The lowest BCUT2D eigenvalue weighted by molar-refractivity contribution is 0.126. The van der Waals surface area contributed by atoms with E-state index in [2.05, 4.69) is 12.2 Å². The van der Waals surface area contributed by atoms with Crippen LogP contribution in [0.1, 0.15) is 55.3 Å². The molecule has 4 nitrogen and oxygen atoms in total. The van der Waals surface area contributed by atoms with Crippen LogP contribution in [-0.2, 0) is 12.8 Å². The molecule has 4 rings (SSSR count). The minimum atomic E-state index is -0.115. The Hall–Kier alpha value is -1.20. The summed E-state index contributed by atoms with van der Waals surface area (Å²) in [6, 6.07) is 0.425. The first-order chi connectivity index (χ1) is 11.1. The molecule has 0 amide bonds. The van der Waals surface area contributed by atoms with E-state index in [4.69, 9.17) is 9.97 Å². The Labute approximate surface area is 141 Å². The van der Waals surface area contributed by atoms with Crippen LogP contribution >= 0.6 is 11.3 Å². The zero-order chi connectivity index (χ0) is 16.0. The van der Waals surface area contributed by atoms with E-state index in [1.807, 2.05) is 18.3 Å². The van der Waals surface area contributed by atoms with Crippen LogP contribution in [0.2, 0.25) is 0 Å². The SMILES string of the molecule is Cc1nc(NC2CCC(O)CC2)c2c3c(sc2n1)CC(C)CC3. The number of aliphatic hydroxyl groups excluding tert-OH is 1. The third-order valence-electron chi connectivity index (χ3n) is 5.30. The Morgan fingerprint density at radius 3 is 2.70 bits per heavy atom. The van der Waals surface area contributed by atoms with Gasteiger partial charge in [-0.1, -0.05) is 6.92 Å². The normalized spacial score (nSPS) is 27.9.